The quantitative estimate of drug-likeness (QED) is 0.910. The summed E-state index contributed by atoms with van der Waals surface area (Å²) < 4.78 is 27.5. The predicted molar refractivity (Wildman–Crippen MR) is 67.7 cm³/mol. The Hall–Kier alpha value is -1.67. The van der Waals surface area contributed by atoms with Gasteiger partial charge < -0.3 is 5.32 Å². The van der Waals surface area contributed by atoms with Crippen LogP contribution in [0.25, 0.3) is 0 Å². The lowest BCUT2D eigenvalue weighted by molar-refractivity contribution is 0.326. The molecule has 2 aliphatic rings. The van der Waals surface area contributed by atoms with Gasteiger partial charge in [0.2, 0.25) is 0 Å². The summed E-state index contributed by atoms with van der Waals surface area (Å²) in [4.78, 5) is 2.37. The van der Waals surface area contributed by atoms with Gasteiger partial charge in [0.15, 0.2) is 11.6 Å². The molecule has 1 aromatic rings. The summed E-state index contributed by atoms with van der Waals surface area (Å²) in [5.74, 6) is -1.39. The average molecular weight is 263 g/mol. The summed E-state index contributed by atoms with van der Waals surface area (Å²) in [5.41, 5.74) is -0.103. The Morgan fingerprint density at radius 2 is 1.89 bits per heavy atom. The van der Waals surface area contributed by atoms with E-state index in [2.05, 4.69) is 10.2 Å². The van der Waals surface area contributed by atoms with Gasteiger partial charge in [-0.05, 0) is 31.4 Å². The van der Waals surface area contributed by atoms with Crippen LogP contribution in [0.5, 0.6) is 0 Å². The summed E-state index contributed by atoms with van der Waals surface area (Å²) in [6, 6.07) is 4.64. The number of hydrogen-bond acceptors (Lipinski definition) is 3. The number of hydrogen-bond donors (Lipinski definition) is 1. The summed E-state index contributed by atoms with van der Waals surface area (Å²) in [6.45, 7) is 1.82. The van der Waals surface area contributed by atoms with Crippen molar-refractivity contribution in [3.63, 3.8) is 0 Å². The molecule has 1 aliphatic carbocycles. The molecule has 0 amide bonds. The third kappa shape index (κ3) is 2.54. The molecule has 1 N–H and O–H groups in total. The fourth-order valence-corrected chi connectivity index (χ4v) is 2.66. The third-order valence-corrected chi connectivity index (χ3v) is 3.80. The zero-order valence-electron chi connectivity index (χ0n) is 10.5. The maximum Gasteiger partial charge on any atom is 0.150 e. The Balaban J connectivity index is 1.71. The zero-order chi connectivity index (χ0) is 13.4. The van der Waals surface area contributed by atoms with Crippen LogP contribution in [0, 0.1) is 23.0 Å². The number of nitriles is 1. The molecule has 0 radical (unpaired) electrons. The van der Waals surface area contributed by atoms with Gasteiger partial charge in [0.05, 0.1) is 11.6 Å². The van der Waals surface area contributed by atoms with E-state index in [9.17, 15) is 8.78 Å². The van der Waals surface area contributed by atoms with E-state index in [4.69, 9.17) is 5.26 Å². The second-order valence-electron chi connectivity index (χ2n) is 5.28. The van der Waals surface area contributed by atoms with Crippen molar-refractivity contribution in [3.8, 4) is 6.07 Å². The molecule has 0 aromatic heterocycles. The Bertz CT molecular complexity index is 511. The van der Waals surface area contributed by atoms with Gasteiger partial charge in [-0.1, -0.05) is 0 Å². The number of halogens is 2. The number of nitrogens with zero attached hydrogens (tertiary/aromatic N) is 2. The lowest BCUT2D eigenvalue weighted by atomic mass is 10.1. The number of benzene rings is 1. The van der Waals surface area contributed by atoms with Crippen molar-refractivity contribution in [1.82, 2.24) is 4.90 Å². The molecule has 5 heteroatoms. The van der Waals surface area contributed by atoms with Crippen molar-refractivity contribution >= 4 is 5.69 Å². The fraction of sp³-hybridized carbons (Fsp3) is 0.500. The summed E-state index contributed by atoms with van der Waals surface area (Å²) in [5, 5.41) is 11.6. The summed E-state index contributed by atoms with van der Waals surface area (Å²) >= 11 is 0. The molecule has 0 spiro atoms. The van der Waals surface area contributed by atoms with Gasteiger partial charge in [0.25, 0.3) is 0 Å². The van der Waals surface area contributed by atoms with Gasteiger partial charge in [0, 0.05) is 25.2 Å². The van der Waals surface area contributed by atoms with Gasteiger partial charge >= 0.3 is 0 Å². The molecule has 19 heavy (non-hydrogen) atoms. The van der Waals surface area contributed by atoms with Gasteiger partial charge in [-0.3, -0.25) is 4.90 Å². The molecule has 3 rings (SSSR count). The largest absolute Gasteiger partial charge is 0.376 e. The number of nitrogens with one attached hydrogen (secondary N) is 1. The highest BCUT2D eigenvalue weighted by atomic mass is 19.1. The van der Waals surface area contributed by atoms with Gasteiger partial charge in [-0.25, -0.2) is 8.78 Å². The van der Waals surface area contributed by atoms with Crippen LogP contribution in [0.1, 0.15) is 24.8 Å². The molecule has 1 atom stereocenters. The first-order valence-corrected chi connectivity index (χ1v) is 6.57. The molecule has 1 aliphatic heterocycles. The van der Waals surface area contributed by atoms with Crippen LogP contribution in [0.3, 0.4) is 0 Å². The standard InChI is InChI=1S/C14H15F2N3/c15-12-5-9(7-17)6-13(16)14(12)18-10-3-4-19(8-10)11-1-2-11/h5-6,10-11,18H,1-4,8H2. The van der Waals surface area contributed by atoms with Crippen molar-refractivity contribution in [2.24, 2.45) is 0 Å². The molecular formula is C14H15F2N3. The molecule has 1 aromatic carbocycles. The van der Waals surface area contributed by atoms with Crippen molar-refractivity contribution in [3.05, 3.63) is 29.3 Å². The predicted octanol–water partition coefficient (Wildman–Crippen LogP) is 2.49. The van der Waals surface area contributed by atoms with Gasteiger partial charge in [0.1, 0.15) is 5.69 Å². The maximum absolute atomic E-state index is 13.8. The number of rotatable bonds is 3. The zero-order valence-corrected chi connectivity index (χ0v) is 10.5. The van der Waals surface area contributed by atoms with Crippen LogP contribution in [0.15, 0.2) is 12.1 Å². The second-order valence-corrected chi connectivity index (χ2v) is 5.28. The highest BCUT2D eigenvalue weighted by Crippen LogP contribution is 2.31. The molecule has 1 saturated carbocycles. The van der Waals surface area contributed by atoms with E-state index in [1.54, 1.807) is 6.07 Å². The molecular weight excluding hydrogens is 248 g/mol. The van der Waals surface area contributed by atoms with Gasteiger partial charge in [-0.2, -0.15) is 5.26 Å². The first-order valence-electron chi connectivity index (χ1n) is 6.57. The van der Waals surface area contributed by atoms with Gasteiger partial charge in [-0.15, -0.1) is 0 Å². The Morgan fingerprint density at radius 3 is 2.47 bits per heavy atom. The van der Waals surface area contributed by atoms with Crippen molar-refractivity contribution < 1.29 is 8.78 Å². The van der Waals surface area contributed by atoms with Crippen LogP contribution in [-0.2, 0) is 0 Å². The van der Waals surface area contributed by atoms with E-state index < -0.39 is 11.6 Å². The van der Waals surface area contributed by atoms with E-state index in [-0.39, 0.29) is 17.3 Å². The van der Waals surface area contributed by atoms with Crippen molar-refractivity contribution in [2.75, 3.05) is 18.4 Å². The van der Waals surface area contributed by atoms with Crippen molar-refractivity contribution in [2.45, 2.75) is 31.3 Å². The molecule has 3 nitrogen and oxygen atoms in total. The lowest BCUT2D eigenvalue weighted by Gasteiger charge is -2.17. The smallest absolute Gasteiger partial charge is 0.150 e. The molecule has 1 unspecified atom stereocenters. The Labute approximate surface area is 110 Å². The minimum Gasteiger partial charge on any atom is -0.376 e. The van der Waals surface area contributed by atoms with E-state index in [0.29, 0.717) is 6.04 Å². The Morgan fingerprint density at radius 1 is 1.21 bits per heavy atom. The molecule has 0 bridgehead atoms. The Kier molecular flexibility index (Phi) is 3.11. The topological polar surface area (TPSA) is 39.1 Å². The minimum atomic E-state index is -0.693. The normalized spacial score (nSPS) is 23.3. The van der Waals surface area contributed by atoms with Crippen LogP contribution in [0.2, 0.25) is 0 Å². The van der Waals surface area contributed by atoms with Crippen molar-refractivity contribution in [1.29, 1.82) is 5.26 Å². The van der Waals surface area contributed by atoms with Crippen LogP contribution < -0.4 is 5.32 Å². The average Bonchev–Trinajstić information content (AvgIpc) is 3.14. The van der Waals surface area contributed by atoms with E-state index >= 15 is 0 Å². The van der Waals surface area contributed by atoms with E-state index in [0.717, 1.165) is 31.6 Å². The molecule has 1 heterocycles. The maximum atomic E-state index is 13.8. The third-order valence-electron chi connectivity index (χ3n) is 3.80. The highest BCUT2D eigenvalue weighted by molar-refractivity contribution is 5.51. The van der Waals surface area contributed by atoms with Crippen LogP contribution in [-0.4, -0.2) is 30.1 Å². The first kappa shape index (κ1) is 12.4. The monoisotopic (exact) mass is 263 g/mol. The lowest BCUT2D eigenvalue weighted by Crippen LogP contribution is -2.28. The second kappa shape index (κ2) is 4.78. The summed E-state index contributed by atoms with van der Waals surface area (Å²) in [7, 11) is 0. The number of likely N-dealkylation sites (tertiary alicyclic amines) is 1. The highest BCUT2D eigenvalue weighted by Gasteiger charge is 2.34. The van der Waals surface area contributed by atoms with E-state index in [1.165, 1.54) is 12.8 Å². The fourth-order valence-electron chi connectivity index (χ4n) is 2.66. The van der Waals surface area contributed by atoms with Crippen LogP contribution in [0.4, 0.5) is 14.5 Å². The SMILES string of the molecule is N#Cc1cc(F)c(NC2CCN(C3CC3)C2)c(F)c1. The molecule has 100 valence electrons. The molecule has 1 saturated heterocycles. The minimum absolute atomic E-state index is 0.00609. The van der Waals surface area contributed by atoms with E-state index in [1.807, 2.05) is 0 Å². The summed E-state index contributed by atoms with van der Waals surface area (Å²) in [6.07, 6.45) is 3.38. The van der Waals surface area contributed by atoms with Crippen LogP contribution >= 0.6 is 0 Å². The first-order chi connectivity index (χ1) is 9.17. The number of anilines is 1. The molecule has 2 fully saturated rings.